The molecule has 0 saturated heterocycles. The van der Waals surface area contributed by atoms with E-state index in [1.165, 1.54) is 0 Å². The Labute approximate surface area is 140 Å². The second-order valence-corrected chi connectivity index (χ2v) is 4.91. The van der Waals surface area contributed by atoms with Crippen LogP contribution in [0.2, 0.25) is 0 Å². The molecule has 4 rings (SSSR count). The molecule has 0 amide bonds. The van der Waals surface area contributed by atoms with E-state index in [9.17, 15) is 0 Å². The van der Waals surface area contributed by atoms with Crippen LogP contribution >= 0.6 is 0 Å². The molecule has 4 nitrogen and oxygen atoms in total. The van der Waals surface area contributed by atoms with Gasteiger partial charge in [0, 0.05) is 48.3 Å². The molecule has 0 saturated carbocycles. The quantitative estimate of drug-likeness (QED) is 0.554. The first-order valence-electron chi connectivity index (χ1n) is 7.56. The van der Waals surface area contributed by atoms with E-state index in [4.69, 9.17) is 0 Å². The van der Waals surface area contributed by atoms with Crippen LogP contribution in [0.1, 0.15) is 0 Å². The van der Waals surface area contributed by atoms with E-state index < -0.39 is 0 Å². The van der Waals surface area contributed by atoms with Crippen molar-refractivity contribution in [3.8, 4) is 22.5 Å². The minimum Gasteiger partial charge on any atom is -0.264 e. The van der Waals surface area contributed by atoms with Gasteiger partial charge in [-0.2, -0.15) is 0 Å². The first kappa shape index (κ1) is 15.5. The van der Waals surface area contributed by atoms with Gasteiger partial charge in [-0.1, -0.05) is 12.1 Å². The van der Waals surface area contributed by atoms with Crippen LogP contribution in [0, 0.1) is 0 Å². The maximum Gasteiger partial charge on any atom is 0.0717 e. The average Bonchev–Trinajstić information content (AvgIpc) is 2.71. The Balaban J connectivity index is 0.000000141. The van der Waals surface area contributed by atoms with Crippen molar-refractivity contribution in [1.29, 1.82) is 0 Å². The van der Waals surface area contributed by atoms with Gasteiger partial charge >= 0.3 is 0 Å². The van der Waals surface area contributed by atoms with Crippen molar-refractivity contribution in [2.75, 3.05) is 0 Å². The van der Waals surface area contributed by atoms with Gasteiger partial charge in [-0.25, -0.2) is 0 Å². The van der Waals surface area contributed by atoms with E-state index in [1.54, 1.807) is 24.8 Å². The number of rotatable bonds is 2. The van der Waals surface area contributed by atoms with Crippen molar-refractivity contribution in [2.45, 2.75) is 0 Å². The first-order valence-corrected chi connectivity index (χ1v) is 7.56. The Morgan fingerprint density at radius 2 is 0.958 bits per heavy atom. The molecule has 0 bridgehead atoms. The third kappa shape index (κ3) is 4.30. The van der Waals surface area contributed by atoms with E-state index in [-0.39, 0.29) is 0 Å². The summed E-state index contributed by atoms with van der Waals surface area (Å²) in [6, 6.07) is 19.5. The van der Waals surface area contributed by atoms with E-state index in [0.717, 1.165) is 22.5 Å². The van der Waals surface area contributed by atoms with Crippen LogP contribution in [0.3, 0.4) is 0 Å². The van der Waals surface area contributed by atoms with Gasteiger partial charge in [0.15, 0.2) is 0 Å². The maximum atomic E-state index is 4.21. The molecule has 0 N–H and O–H groups in total. The third-order valence-corrected chi connectivity index (χ3v) is 3.24. The monoisotopic (exact) mass is 312 g/mol. The standard InChI is InChI=1S/2C10H8N2/c2*1-2-7-12-10(5-1)9-4-3-6-11-8-9/h2*1-8H. The molecule has 0 aliphatic rings. The van der Waals surface area contributed by atoms with Gasteiger partial charge in [0.2, 0.25) is 0 Å². The third-order valence-electron chi connectivity index (χ3n) is 3.24. The van der Waals surface area contributed by atoms with Crippen LogP contribution in [0.25, 0.3) is 22.5 Å². The van der Waals surface area contributed by atoms with Crippen LogP contribution in [0.5, 0.6) is 0 Å². The summed E-state index contributed by atoms with van der Waals surface area (Å²) in [5.74, 6) is 0. The number of nitrogens with zero attached hydrogens (tertiary/aromatic N) is 4. The zero-order valence-electron chi connectivity index (χ0n) is 13.0. The second-order valence-electron chi connectivity index (χ2n) is 4.91. The summed E-state index contributed by atoms with van der Waals surface area (Å²) >= 11 is 0. The molecule has 0 fully saturated rings. The Morgan fingerprint density at radius 1 is 0.458 bits per heavy atom. The second kappa shape index (κ2) is 8.29. The van der Waals surface area contributed by atoms with Gasteiger partial charge in [0.1, 0.15) is 0 Å². The number of aromatic nitrogens is 4. The normalized spacial score (nSPS) is 9.67. The number of hydrogen-bond acceptors (Lipinski definition) is 4. The SMILES string of the molecule is c1ccc(-c2cccnc2)nc1.c1ccc(-c2cccnc2)nc1. The summed E-state index contributed by atoms with van der Waals surface area (Å²) < 4.78 is 0. The summed E-state index contributed by atoms with van der Waals surface area (Å²) in [4.78, 5) is 16.5. The average molecular weight is 312 g/mol. The summed E-state index contributed by atoms with van der Waals surface area (Å²) in [5.41, 5.74) is 4.03. The molecule has 0 atom stereocenters. The van der Waals surface area contributed by atoms with Crippen molar-refractivity contribution in [3.05, 3.63) is 97.8 Å². The van der Waals surface area contributed by atoms with Gasteiger partial charge in [-0.05, 0) is 48.5 Å². The minimum absolute atomic E-state index is 0.964. The largest absolute Gasteiger partial charge is 0.264 e. The lowest BCUT2D eigenvalue weighted by atomic mass is 10.2. The molecule has 4 heteroatoms. The first-order chi connectivity index (χ1) is 11.9. The highest BCUT2D eigenvalue weighted by molar-refractivity contribution is 5.57. The van der Waals surface area contributed by atoms with Crippen molar-refractivity contribution >= 4 is 0 Å². The molecular weight excluding hydrogens is 296 g/mol. The summed E-state index contributed by atoms with van der Waals surface area (Å²) in [7, 11) is 0. The molecule has 4 heterocycles. The Bertz CT molecular complexity index is 685. The lowest BCUT2D eigenvalue weighted by molar-refractivity contribution is 1.28. The molecule has 116 valence electrons. The Hall–Kier alpha value is -3.40. The van der Waals surface area contributed by atoms with Crippen molar-refractivity contribution < 1.29 is 0 Å². The predicted molar refractivity (Wildman–Crippen MR) is 94.9 cm³/mol. The van der Waals surface area contributed by atoms with Crippen molar-refractivity contribution in [2.24, 2.45) is 0 Å². The fourth-order valence-corrected chi connectivity index (χ4v) is 2.10. The highest BCUT2D eigenvalue weighted by Crippen LogP contribution is 2.13. The van der Waals surface area contributed by atoms with Crippen LogP contribution in [-0.4, -0.2) is 19.9 Å². The zero-order chi connectivity index (χ0) is 16.5. The smallest absolute Gasteiger partial charge is 0.0717 e. The van der Waals surface area contributed by atoms with Gasteiger partial charge < -0.3 is 0 Å². The maximum absolute atomic E-state index is 4.21. The zero-order valence-corrected chi connectivity index (χ0v) is 13.0. The van der Waals surface area contributed by atoms with Crippen LogP contribution in [0.4, 0.5) is 0 Å². The predicted octanol–water partition coefficient (Wildman–Crippen LogP) is 4.29. The molecule has 0 aromatic carbocycles. The van der Waals surface area contributed by atoms with Crippen molar-refractivity contribution in [1.82, 2.24) is 19.9 Å². The van der Waals surface area contributed by atoms with E-state index in [1.807, 2.05) is 73.1 Å². The lowest BCUT2D eigenvalue weighted by Gasteiger charge is -1.96. The lowest BCUT2D eigenvalue weighted by Crippen LogP contribution is -1.81. The molecule has 0 spiro atoms. The molecule has 24 heavy (non-hydrogen) atoms. The molecule has 4 aromatic heterocycles. The highest BCUT2D eigenvalue weighted by Gasteiger charge is 1.95. The molecule has 0 aliphatic heterocycles. The molecule has 4 aromatic rings. The summed E-state index contributed by atoms with van der Waals surface area (Å²) in [6.07, 6.45) is 10.7. The summed E-state index contributed by atoms with van der Waals surface area (Å²) in [6.45, 7) is 0. The van der Waals surface area contributed by atoms with Crippen LogP contribution in [0.15, 0.2) is 97.8 Å². The van der Waals surface area contributed by atoms with Gasteiger partial charge in [-0.3, -0.25) is 19.9 Å². The molecule has 0 aliphatic carbocycles. The molecule has 0 unspecified atom stereocenters. The van der Waals surface area contributed by atoms with Gasteiger partial charge in [0.05, 0.1) is 11.4 Å². The van der Waals surface area contributed by atoms with E-state index in [0.29, 0.717) is 0 Å². The fourth-order valence-electron chi connectivity index (χ4n) is 2.10. The van der Waals surface area contributed by atoms with Crippen LogP contribution < -0.4 is 0 Å². The van der Waals surface area contributed by atoms with E-state index in [2.05, 4.69) is 19.9 Å². The number of pyridine rings is 4. The highest BCUT2D eigenvalue weighted by atomic mass is 14.7. The fraction of sp³-hybridized carbons (Fsp3) is 0. The Morgan fingerprint density at radius 3 is 1.29 bits per heavy atom. The topological polar surface area (TPSA) is 51.6 Å². The molecule has 0 radical (unpaired) electrons. The molecular formula is C20H16N4. The van der Waals surface area contributed by atoms with Gasteiger partial charge in [0.25, 0.3) is 0 Å². The van der Waals surface area contributed by atoms with Crippen LogP contribution in [-0.2, 0) is 0 Å². The van der Waals surface area contributed by atoms with Crippen molar-refractivity contribution in [3.63, 3.8) is 0 Å². The minimum atomic E-state index is 0.964. The Kier molecular flexibility index (Phi) is 5.35. The number of hydrogen-bond donors (Lipinski definition) is 0. The summed E-state index contributed by atoms with van der Waals surface area (Å²) in [5, 5.41) is 0. The van der Waals surface area contributed by atoms with E-state index >= 15 is 0 Å². The van der Waals surface area contributed by atoms with Gasteiger partial charge in [-0.15, -0.1) is 0 Å².